The number of aryl methyl sites for hydroxylation is 1. The Bertz CT molecular complexity index is 1370. The molecule has 0 saturated carbocycles. The summed E-state index contributed by atoms with van der Waals surface area (Å²) in [6.45, 7) is 3.25. The lowest BCUT2D eigenvalue weighted by molar-refractivity contribution is -0.384. The first kappa shape index (κ1) is 22.9. The Labute approximate surface area is 179 Å². The van der Waals surface area contributed by atoms with E-state index in [4.69, 9.17) is 5.73 Å². The minimum absolute atomic E-state index is 0.0153. The molecule has 31 heavy (non-hydrogen) atoms. The van der Waals surface area contributed by atoms with Gasteiger partial charge in [0.25, 0.3) is 15.7 Å². The van der Waals surface area contributed by atoms with Crippen LogP contribution in [0.5, 0.6) is 0 Å². The van der Waals surface area contributed by atoms with E-state index in [1.807, 2.05) is 6.92 Å². The van der Waals surface area contributed by atoms with Crippen LogP contribution < -0.4 is 10.5 Å². The Morgan fingerprint density at radius 3 is 2.29 bits per heavy atom. The average Bonchev–Trinajstić information content (AvgIpc) is 3.08. The molecule has 0 aliphatic carbocycles. The maximum absolute atomic E-state index is 13.3. The number of nitrogens with two attached hydrogens (primary N) is 1. The second kappa shape index (κ2) is 7.71. The SMILES string of the molecule is CNS(=O)(=O)C[C@](C)(N)c1cn(S(=O)(=O)c2ccc(C)cc2)c2ccc([N+](=O)[O-])cc12. The topological polar surface area (TPSA) is 154 Å². The molecule has 0 fully saturated rings. The van der Waals surface area contributed by atoms with Crippen LogP contribution >= 0.6 is 0 Å². The first-order valence-electron chi connectivity index (χ1n) is 9.11. The molecule has 0 saturated heterocycles. The Morgan fingerprint density at radius 1 is 1.13 bits per heavy atom. The van der Waals surface area contributed by atoms with Crippen LogP contribution in [-0.4, -0.2) is 38.5 Å². The lowest BCUT2D eigenvalue weighted by atomic mass is 9.95. The molecule has 0 radical (unpaired) electrons. The molecule has 3 N–H and O–H groups in total. The Kier molecular flexibility index (Phi) is 5.69. The molecule has 0 unspecified atom stereocenters. The highest BCUT2D eigenvalue weighted by Gasteiger charge is 2.33. The van der Waals surface area contributed by atoms with Crippen molar-refractivity contribution in [2.75, 3.05) is 12.8 Å². The number of fused-ring (bicyclic) bond motifs is 1. The van der Waals surface area contributed by atoms with Crippen molar-refractivity contribution in [3.8, 4) is 0 Å². The highest BCUT2D eigenvalue weighted by atomic mass is 32.2. The summed E-state index contributed by atoms with van der Waals surface area (Å²) in [6, 6.07) is 9.90. The first-order chi connectivity index (χ1) is 14.3. The number of rotatable bonds is 7. The number of benzene rings is 2. The molecule has 1 aromatic heterocycles. The highest BCUT2D eigenvalue weighted by molar-refractivity contribution is 7.90. The van der Waals surface area contributed by atoms with Gasteiger partial charge >= 0.3 is 0 Å². The van der Waals surface area contributed by atoms with E-state index in [0.29, 0.717) is 0 Å². The van der Waals surface area contributed by atoms with Crippen LogP contribution in [0, 0.1) is 17.0 Å². The van der Waals surface area contributed by atoms with Crippen LogP contribution in [0.25, 0.3) is 10.9 Å². The van der Waals surface area contributed by atoms with Crippen LogP contribution in [0.15, 0.2) is 53.6 Å². The molecule has 0 aliphatic rings. The first-order valence-corrected chi connectivity index (χ1v) is 12.2. The third kappa shape index (κ3) is 4.32. The number of hydrogen-bond donors (Lipinski definition) is 2. The number of non-ortho nitro benzene ring substituents is 1. The minimum Gasteiger partial charge on any atom is -0.321 e. The molecule has 3 aromatic rings. The van der Waals surface area contributed by atoms with Gasteiger partial charge in [-0.15, -0.1) is 0 Å². The molecule has 0 aliphatic heterocycles. The number of sulfonamides is 1. The van der Waals surface area contributed by atoms with Gasteiger partial charge in [0, 0.05) is 23.7 Å². The van der Waals surface area contributed by atoms with Gasteiger partial charge in [0.2, 0.25) is 10.0 Å². The number of hydrogen-bond acceptors (Lipinski definition) is 7. The highest BCUT2D eigenvalue weighted by Crippen LogP contribution is 2.34. The minimum atomic E-state index is -4.08. The third-order valence-corrected chi connectivity index (χ3v) is 8.25. The second-order valence-electron chi connectivity index (χ2n) is 7.50. The third-order valence-electron chi connectivity index (χ3n) is 4.96. The molecule has 166 valence electrons. The van der Waals surface area contributed by atoms with Crippen LogP contribution in [0.4, 0.5) is 5.69 Å². The van der Waals surface area contributed by atoms with Gasteiger partial charge in [-0.1, -0.05) is 17.7 Å². The van der Waals surface area contributed by atoms with Crippen LogP contribution in [0.1, 0.15) is 18.1 Å². The van der Waals surface area contributed by atoms with Gasteiger partial charge < -0.3 is 5.73 Å². The molecule has 10 nitrogen and oxygen atoms in total. The zero-order valence-corrected chi connectivity index (χ0v) is 18.7. The normalized spacial score (nSPS) is 14.5. The van der Waals surface area contributed by atoms with E-state index in [0.717, 1.165) is 9.54 Å². The standard InChI is InChI=1S/C19H22N4O6S2/c1-13-4-7-15(8-5-13)31(28,29)22-11-17(19(2,20)12-30(26,27)21-3)16-10-14(23(24)25)6-9-18(16)22/h4-11,21H,12,20H2,1-3H3/t19-/m0/s1. The number of nitrogens with zero attached hydrogens (tertiary/aromatic N) is 2. The molecule has 1 heterocycles. The summed E-state index contributed by atoms with van der Waals surface area (Å²) in [6.07, 6.45) is 1.23. The van der Waals surface area contributed by atoms with E-state index in [1.54, 1.807) is 12.1 Å². The number of aromatic nitrogens is 1. The van der Waals surface area contributed by atoms with E-state index in [-0.39, 0.29) is 27.0 Å². The molecule has 0 spiro atoms. The summed E-state index contributed by atoms with van der Waals surface area (Å²) in [5, 5.41) is 11.5. The molecule has 2 aromatic carbocycles. The van der Waals surface area contributed by atoms with E-state index < -0.39 is 36.3 Å². The molecule has 0 amide bonds. The van der Waals surface area contributed by atoms with E-state index >= 15 is 0 Å². The fraction of sp³-hybridized carbons (Fsp3) is 0.263. The molecular weight excluding hydrogens is 444 g/mol. The number of nitro benzene ring substituents is 1. The predicted octanol–water partition coefficient (Wildman–Crippen LogP) is 1.82. The zero-order chi connectivity index (χ0) is 23.2. The van der Waals surface area contributed by atoms with Crippen molar-refractivity contribution in [2.45, 2.75) is 24.3 Å². The summed E-state index contributed by atoms with van der Waals surface area (Å²) in [7, 11) is -6.61. The fourth-order valence-electron chi connectivity index (χ4n) is 3.32. The van der Waals surface area contributed by atoms with Crippen molar-refractivity contribution < 1.29 is 21.8 Å². The summed E-state index contributed by atoms with van der Waals surface area (Å²) < 4.78 is 54.0. The Morgan fingerprint density at radius 2 is 1.74 bits per heavy atom. The van der Waals surface area contributed by atoms with Gasteiger partial charge in [-0.05, 0) is 44.7 Å². The lowest BCUT2D eigenvalue weighted by Gasteiger charge is -2.23. The van der Waals surface area contributed by atoms with Crippen LogP contribution in [0.2, 0.25) is 0 Å². The van der Waals surface area contributed by atoms with Crippen LogP contribution in [0.3, 0.4) is 0 Å². The second-order valence-corrected chi connectivity index (χ2v) is 11.2. The van der Waals surface area contributed by atoms with Crippen molar-refractivity contribution >= 4 is 36.6 Å². The van der Waals surface area contributed by atoms with Gasteiger partial charge in [0.1, 0.15) is 0 Å². The number of nitro groups is 1. The van der Waals surface area contributed by atoms with E-state index in [2.05, 4.69) is 4.72 Å². The molecule has 12 heteroatoms. The summed E-state index contributed by atoms with van der Waals surface area (Å²) in [4.78, 5) is 10.7. The van der Waals surface area contributed by atoms with Crippen LogP contribution in [-0.2, 0) is 25.6 Å². The summed E-state index contributed by atoms with van der Waals surface area (Å²) >= 11 is 0. The van der Waals surface area contributed by atoms with Crippen molar-refractivity contribution in [2.24, 2.45) is 5.73 Å². The fourth-order valence-corrected chi connectivity index (χ4v) is 5.78. The molecule has 1 atom stereocenters. The van der Waals surface area contributed by atoms with Gasteiger partial charge in [-0.3, -0.25) is 10.1 Å². The van der Waals surface area contributed by atoms with Gasteiger partial charge in [-0.25, -0.2) is 25.5 Å². The molecule has 0 bridgehead atoms. The van der Waals surface area contributed by atoms with Gasteiger partial charge in [0.15, 0.2) is 0 Å². The van der Waals surface area contributed by atoms with E-state index in [9.17, 15) is 26.9 Å². The van der Waals surface area contributed by atoms with E-state index in [1.165, 1.54) is 50.5 Å². The maximum atomic E-state index is 13.3. The van der Waals surface area contributed by atoms with Crippen molar-refractivity contribution in [1.29, 1.82) is 0 Å². The van der Waals surface area contributed by atoms with Gasteiger partial charge in [-0.2, -0.15) is 0 Å². The smallest absolute Gasteiger partial charge is 0.270 e. The molecule has 3 rings (SSSR count). The average molecular weight is 467 g/mol. The van der Waals surface area contributed by atoms with Crippen molar-refractivity contribution in [3.05, 3.63) is 69.9 Å². The monoisotopic (exact) mass is 466 g/mol. The van der Waals surface area contributed by atoms with Crippen molar-refractivity contribution in [3.63, 3.8) is 0 Å². The number of nitrogens with one attached hydrogen (secondary N) is 1. The van der Waals surface area contributed by atoms with Crippen molar-refractivity contribution in [1.82, 2.24) is 8.69 Å². The molecular formula is C19H22N4O6S2. The zero-order valence-electron chi connectivity index (χ0n) is 17.1. The quantitative estimate of drug-likeness (QED) is 0.397. The maximum Gasteiger partial charge on any atom is 0.270 e. The predicted molar refractivity (Wildman–Crippen MR) is 117 cm³/mol. The lowest BCUT2D eigenvalue weighted by Crippen LogP contribution is -2.43. The summed E-state index contributed by atoms with van der Waals surface area (Å²) in [5.41, 5.74) is 5.68. The largest absolute Gasteiger partial charge is 0.321 e. The van der Waals surface area contributed by atoms with Gasteiger partial charge in [0.05, 0.1) is 26.6 Å². The Hall–Kier alpha value is -2.80. The Balaban J connectivity index is 2.32. The summed E-state index contributed by atoms with van der Waals surface area (Å²) in [5.74, 6) is -0.553.